The summed E-state index contributed by atoms with van der Waals surface area (Å²) in [6, 6.07) is 10.5. The Morgan fingerprint density at radius 1 is 1.00 bits per heavy atom. The first-order valence-electron chi connectivity index (χ1n) is 8.03. The fraction of sp³-hybridized carbons (Fsp3) is 0.158. The van der Waals surface area contributed by atoms with Crippen LogP contribution in [-0.4, -0.2) is 17.6 Å². The first-order chi connectivity index (χ1) is 12.3. The maximum atomic E-state index is 13.2. The molecule has 0 aliphatic carbocycles. The molecule has 0 radical (unpaired) electrons. The number of para-hydroxylation sites is 1. The van der Waals surface area contributed by atoms with Crippen molar-refractivity contribution >= 4 is 31.9 Å². The molecule has 0 fully saturated rings. The molecule has 132 valence electrons. The maximum absolute atomic E-state index is 13.2. The summed E-state index contributed by atoms with van der Waals surface area (Å²) in [5, 5.41) is 4.95. The first kappa shape index (κ1) is 16.5. The van der Waals surface area contributed by atoms with Gasteiger partial charge in [-0.05, 0) is 44.0 Å². The second-order valence-electron chi connectivity index (χ2n) is 6.38. The molecule has 7 heteroatoms. The van der Waals surface area contributed by atoms with Gasteiger partial charge in [0.05, 0.1) is 11.1 Å². The van der Waals surface area contributed by atoms with Crippen molar-refractivity contribution in [1.82, 2.24) is 9.19 Å². The molecule has 2 aromatic heterocycles. The standard InChI is InChI=1S/C19H16N2O4S/c1-11-8-12(2)18(13(3)9-11)26(23,24)21-10-15-17(20-21)14-6-4-5-7-16(14)25-19(15)22/h4-10H,1-3H3. The number of benzene rings is 2. The van der Waals surface area contributed by atoms with Crippen LogP contribution in [0.3, 0.4) is 0 Å². The number of hydrogen-bond acceptors (Lipinski definition) is 5. The van der Waals surface area contributed by atoms with Crippen LogP contribution < -0.4 is 5.63 Å². The van der Waals surface area contributed by atoms with Crippen LogP contribution in [-0.2, 0) is 10.0 Å². The average molecular weight is 368 g/mol. The van der Waals surface area contributed by atoms with Crippen LogP contribution in [0.25, 0.3) is 21.9 Å². The molecule has 0 bridgehead atoms. The molecule has 2 aromatic carbocycles. The molecule has 0 spiro atoms. The molecular formula is C19H16N2O4S. The third-order valence-electron chi connectivity index (χ3n) is 4.37. The molecule has 6 nitrogen and oxygen atoms in total. The molecule has 0 N–H and O–H groups in total. The lowest BCUT2D eigenvalue weighted by Gasteiger charge is -2.11. The molecule has 0 amide bonds. The lowest BCUT2D eigenvalue weighted by molar-refractivity contribution is 0.569. The number of rotatable bonds is 2. The monoisotopic (exact) mass is 368 g/mol. The topological polar surface area (TPSA) is 82.2 Å². The first-order valence-corrected chi connectivity index (χ1v) is 9.47. The van der Waals surface area contributed by atoms with Crippen LogP contribution in [0.1, 0.15) is 16.7 Å². The van der Waals surface area contributed by atoms with Crippen molar-refractivity contribution in [2.24, 2.45) is 0 Å². The largest absolute Gasteiger partial charge is 0.422 e. The predicted molar refractivity (Wildman–Crippen MR) is 99.0 cm³/mol. The van der Waals surface area contributed by atoms with E-state index in [1.807, 2.05) is 19.1 Å². The van der Waals surface area contributed by atoms with Gasteiger partial charge in [0, 0.05) is 5.39 Å². The molecule has 4 rings (SSSR count). The van der Waals surface area contributed by atoms with E-state index < -0.39 is 15.6 Å². The highest BCUT2D eigenvalue weighted by molar-refractivity contribution is 7.90. The maximum Gasteiger partial charge on any atom is 0.347 e. The molecule has 4 aromatic rings. The number of aromatic nitrogens is 2. The normalized spacial score (nSPS) is 12.1. The van der Waals surface area contributed by atoms with Crippen LogP contribution in [0.4, 0.5) is 0 Å². The molecule has 0 saturated carbocycles. The van der Waals surface area contributed by atoms with E-state index in [9.17, 15) is 13.2 Å². The number of fused-ring (bicyclic) bond motifs is 3. The SMILES string of the molecule is Cc1cc(C)c(S(=O)(=O)n2cc3c(=O)oc4ccccc4c3n2)c(C)c1. The van der Waals surface area contributed by atoms with Crippen molar-refractivity contribution in [3.05, 3.63) is 69.7 Å². The van der Waals surface area contributed by atoms with Gasteiger partial charge in [-0.3, -0.25) is 0 Å². The summed E-state index contributed by atoms with van der Waals surface area (Å²) in [6.07, 6.45) is 1.22. The van der Waals surface area contributed by atoms with Crippen LogP contribution in [0.2, 0.25) is 0 Å². The van der Waals surface area contributed by atoms with Gasteiger partial charge in [0.25, 0.3) is 10.0 Å². The van der Waals surface area contributed by atoms with E-state index in [-0.39, 0.29) is 10.3 Å². The Balaban J connectivity index is 2.05. The third kappa shape index (κ3) is 2.35. The zero-order chi connectivity index (χ0) is 18.6. The summed E-state index contributed by atoms with van der Waals surface area (Å²) in [5.74, 6) is 0. The van der Waals surface area contributed by atoms with Gasteiger partial charge in [-0.15, -0.1) is 0 Å². The van der Waals surface area contributed by atoms with Gasteiger partial charge in [0.2, 0.25) is 0 Å². The molecule has 2 heterocycles. The van der Waals surface area contributed by atoms with Crippen LogP contribution in [0.5, 0.6) is 0 Å². The molecule has 26 heavy (non-hydrogen) atoms. The fourth-order valence-corrected chi connectivity index (χ4v) is 4.95. The lowest BCUT2D eigenvalue weighted by Crippen LogP contribution is -2.16. The number of nitrogens with zero attached hydrogens (tertiary/aromatic N) is 2. The second kappa shape index (κ2) is 5.54. The third-order valence-corrected chi connectivity index (χ3v) is 6.21. The number of hydrogen-bond donors (Lipinski definition) is 0. The summed E-state index contributed by atoms with van der Waals surface area (Å²) in [5.41, 5.74) is 2.32. The van der Waals surface area contributed by atoms with E-state index in [1.165, 1.54) is 6.20 Å². The van der Waals surface area contributed by atoms with E-state index in [1.54, 1.807) is 38.1 Å². The summed E-state index contributed by atoms with van der Waals surface area (Å²) in [4.78, 5) is 12.4. The van der Waals surface area contributed by atoms with Gasteiger partial charge in [-0.1, -0.05) is 29.8 Å². The van der Waals surface area contributed by atoms with Gasteiger partial charge >= 0.3 is 5.63 Å². The van der Waals surface area contributed by atoms with Gasteiger partial charge in [0.1, 0.15) is 16.5 Å². The molecule has 0 aliphatic heterocycles. The highest BCUT2D eigenvalue weighted by atomic mass is 32.2. The summed E-state index contributed by atoms with van der Waals surface area (Å²) in [6.45, 7) is 5.41. The van der Waals surface area contributed by atoms with E-state index in [0.29, 0.717) is 27.6 Å². The zero-order valence-electron chi connectivity index (χ0n) is 14.5. The second-order valence-corrected chi connectivity index (χ2v) is 8.11. The molecule has 0 saturated heterocycles. The molecule has 0 aliphatic rings. The lowest BCUT2D eigenvalue weighted by atomic mass is 10.1. The van der Waals surface area contributed by atoms with Crippen molar-refractivity contribution in [1.29, 1.82) is 0 Å². The van der Waals surface area contributed by atoms with Crippen LogP contribution in [0.15, 0.2) is 56.7 Å². The smallest absolute Gasteiger partial charge is 0.347 e. The van der Waals surface area contributed by atoms with E-state index >= 15 is 0 Å². The van der Waals surface area contributed by atoms with E-state index in [4.69, 9.17) is 4.42 Å². The van der Waals surface area contributed by atoms with E-state index in [2.05, 4.69) is 5.10 Å². The average Bonchev–Trinajstić information content (AvgIpc) is 3.01. The summed E-state index contributed by atoms with van der Waals surface area (Å²) in [7, 11) is -3.94. The van der Waals surface area contributed by atoms with Crippen molar-refractivity contribution in [3.63, 3.8) is 0 Å². The molecule has 0 atom stereocenters. The summed E-state index contributed by atoms with van der Waals surface area (Å²) >= 11 is 0. The number of aryl methyl sites for hydroxylation is 3. The van der Waals surface area contributed by atoms with Gasteiger partial charge in [-0.2, -0.15) is 17.6 Å². The minimum absolute atomic E-state index is 0.134. The van der Waals surface area contributed by atoms with E-state index in [0.717, 1.165) is 9.65 Å². The Hall–Kier alpha value is -2.93. The highest BCUT2D eigenvalue weighted by Crippen LogP contribution is 2.26. The Bertz CT molecular complexity index is 1320. The quantitative estimate of drug-likeness (QED) is 0.507. The Morgan fingerprint density at radius 2 is 1.65 bits per heavy atom. The van der Waals surface area contributed by atoms with Crippen molar-refractivity contribution in [2.45, 2.75) is 25.7 Å². The Kier molecular flexibility index (Phi) is 3.52. The predicted octanol–water partition coefficient (Wildman–Crippen LogP) is 3.30. The fourth-order valence-electron chi connectivity index (χ4n) is 3.40. The van der Waals surface area contributed by atoms with Gasteiger partial charge < -0.3 is 4.42 Å². The molecular weight excluding hydrogens is 352 g/mol. The Labute approximate surface area is 149 Å². The van der Waals surface area contributed by atoms with Crippen molar-refractivity contribution in [2.75, 3.05) is 0 Å². The van der Waals surface area contributed by atoms with Crippen LogP contribution in [0, 0.1) is 20.8 Å². The zero-order valence-corrected chi connectivity index (χ0v) is 15.3. The van der Waals surface area contributed by atoms with Crippen molar-refractivity contribution in [3.8, 4) is 0 Å². The van der Waals surface area contributed by atoms with Crippen LogP contribution >= 0.6 is 0 Å². The Morgan fingerprint density at radius 3 is 2.35 bits per heavy atom. The minimum atomic E-state index is -3.94. The molecule has 0 unspecified atom stereocenters. The van der Waals surface area contributed by atoms with Gasteiger partial charge in [-0.25, -0.2) is 4.79 Å². The minimum Gasteiger partial charge on any atom is -0.422 e. The highest BCUT2D eigenvalue weighted by Gasteiger charge is 2.25. The van der Waals surface area contributed by atoms with Gasteiger partial charge in [0.15, 0.2) is 0 Å². The summed E-state index contributed by atoms with van der Waals surface area (Å²) < 4.78 is 32.5. The van der Waals surface area contributed by atoms with Crippen molar-refractivity contribution < 1.29 is 12.8 Å².